The van der Waals surface area contributed by atoms with Crippen molar-refractivity contribution in [3.63, 3.8) is 0 Å². The SMILES string of the molecule is Cn1nc(-c2nnc(-c3ccc(CC(N4CCC(CC(=O)O)CC4)C(F)(F)F)cc3)o2)c2c1CC(C)(C)CC2. The summed E-state index contributed by atoms with van der Waals surface area (Å²) in [5.41, 5.74) is 4.39. The zero-order valence-electron chi connectivity index (χ0n) is 22.5. The third-order valence-electron chi connectivity index (χ3n) is 8.16. The van der Waals surface area contributed by atoms with Crippen molar-refractivity contribution in [2.75, 3.05) is 13.1 Å². The number of likely N-dealkylation sites (tertiary alicyclic amines) is 1. The number of hydrogen-bond donors (Lipinski definition) is 1. The molecule has 3 aromatic rings. The monoisotopic (exact) mass is 545 g/mol. The van der Waals surface area contributed by atoms with E-state index in [1.807, 2.05) is 11.7 Å². The zero-order chi connectivity index (χ0) is 27.9. The summed E-state index contributed by atoms with van der Waals surface area (Å²) in [6, 6.07) is 5.12. The van der Waals surface area contributed by atoms with Gasteiger partial charge in [0.2, 0.25) is 5.89 Å². The quantitative estimate of drug-likeness (QED) is 0.430. The van der Waals surface area contributed by atoms with Crippen molar-refractivity contribution >= 4 is 5.97 Å². The van der Waals surface area contributed by atoms with Crippen LogP contribution in [0.25, 0.3) is 23.0 Å². The summed E-state index contributed by atoms with van der Waals surface area (Å²) >= 11 is 0. The minimum atomic E-state index is -4.39. The molecule has 1 unspecified atom stereocenters. The van der Waals surface area contributed by atoms with E-state index in [2.05, 4.69) is 29.1 Å². The minimum absolute atomic E-state index is 0.00433. The molecule has 8 nitrogen and oxygen atoms in total. The molecule has 1 aliphatic carbocycles. The van der Waals surface area contributed by atoms with Gasteiger partial charge in [-0.1, -0.05) is 26.0 Å². The molecule has 1 fully saturated rings. The van der Waals surface area contributed by atoms with Crippen LogP contribution in [0.15, 0.2) is 28.7 Å². The molecule has 0 amide bonds. The van der Waals surface area contributed by atoms with Gasteiger partial charge in [-0.15, -0.1) is 10.2 Å². The standard InChI is InChI=1S/C28H34F3N5O3/c1-27(2)11-8-20-21(16-27)35(3)34-24(20)26-33-32-25(39-26)19-6-4-17(5-7-19)14-22(28(29,30)31)36-12-9-18(10-13-36)15-23(37)38/h4-7,18,22H,8-16H2,1-3H3,(H,37,38). The van der Waals surface area contributed by atoms with Gasteiger partial charge in [-0.3, -0.25) is 14.4 Å². The number of carboxylic acids is 1. The first-order valence-electron chi connectivity index (χ1n) is 13.4. The number of halogens is 3. The number of carboxylic acid groups (broad SMARTS) is 1. The molecule has 0 spiro atoms. The Morgan fingerprint density at radius 1 is 1.15 bits per heavy atom. The topological polar surface area (TPSA) is 97.3 Å². The maximum Gasteiger partial charge on any atom is 0.404 e. The van der Waals surface area contributed by atoms with E-state index in [0.29, 0.717) is 41.4 Å². The van der Waals surface area contributed by atoms with E-state index in [1.165, 1.54) is 10.6 Å². The lowest BCUT2D eigenvalue weighted by Crippen LogP contribution is -2.50. The number of fused-ring (bicyclic) bond motifs is 1. The van der Waals surface area contributed by atoms with Gasteiger partial charge in [-0.2, -0.15) is 18.3 Å². The number of rotatable bonds is 7. The summed E-state index contributed by atoms with van der Waals surface area (Å²) in [4.78, 5) is 12.4. The molecule has 5 rings (SSSR count). The number of piperidine rings is 1. The molecular formula is C28H34F3N5O3. The second-order valence-corrected chi connectivity index (χ2v) is 11.7. The van der Waals surface area contributed by atoms with Gasteiger partial charge in [0.1, 0.15) is 6.04 Å². The van der Waals surface area contributed by atoms with Crippen LogP contribution >= 0.6 is 0 Å². The predicted molar refractivity (Wildman–Crippen MR) is 138 cm³/mol. The molecule has 2 aromatic heterocycles. The number of alkyl halides is 3. The van der Waals surface area contributed by atoms with E-state index in [-0.39, 0.29) is 37.3 Å². The van der Waals surface area contributed by atoms with Crippen molar-refractivity contribution in [1.29, 1.82) is 0 Å². The van der Waals surface area contributed by atoms with Crippen LogP contribution in [0.5, 0.6) is 0 Å². The Morgan fingerprint density at radius 2 is 1.82 bits per heavy atom. The molecule has 0 bridgehead atoms. The Morgan fingerprint density at radius 3 is 2.46 bits per heavy atom. The molecule has 11 heteroatoms. The average molecular weight is 546 g/mol. The first kappa shape index (κ1) is 27.4. The van der Waals surface area contributed by atoms with Crippen molar-refractivity contribution in [2.24, 2.45) is 18.4 Å². The fourth-order valence-electron chi connectivity index (χ4n) is 5.87. The lowest BCUT2D eigenvalue weighted by Gasteiger charge is -2.38. The summed E-state index contributed by atoms with van der Waals surface area (Å²) < 4.78 is 49.8. The van der Waals surface area contributed by atoms with Crippen LogP contribution in [-0.2, 0) is 31.1 Å². The van der Waals surface area contributed by atoms with E-state index in [0.717, 1.165) is 24.8 Å². The molecule has 0 saturated carbocycles. The summed E-state index contributed by atoms with van der Waals surface area (Å²) in [5, 5.41) is 22.0. The van der Waals surface area contributed by atoms with Gasteiger partial charge in [0, 0.05) is 30.3 Å². The predicted octanol–water partition coefficient (Wildman–Crippen LogP) is 5.31. The van der Waals surface area contributed by atoms with Crippen molar-refractivity contribution in [2.45, 2.75) is 71.0 Å². The number of nitrogens with zero attached hydrogens (tertiary/aromatic N) is 5. The van der Waals surface area contributed by atoms with Crippen LogP contribution in [0.4, 0.5) is 13.2 Å². The highest BCUT2D eigenvalue weighted by Crippen LogP contribution is 2.39. The van der Waals surface area contributed by atoms with Crippen molar-refractivity contribution in [1.82, 2.24) is 24.9 Å². The maximum absolute atomic E-state index is 14.0. The summed E-state index contributed by atoms with van der Waals surface area (Å²) in [7, 11) is 1.92. The third-order valence-corrected chi connectivity index (χ3v) is 8.16. The molecule has 1 N–H and O–H groups in total. The maximum atomic E-state index is 14.0. The molecule has 210 valence electrons. The molecule has 1 aromatic carbocycles. The van der Waals surface area contributed by atoms with Crippen LogP contribution in [0.2, 0.25) is 0 Å². The molecule has 2 aliphatic rings. The van der Waals surface area contributed by atoms with Crippen LogP contribution in [0.3, 0.4) is 0 Å². The van der Waals surface area contributed by atoms with Crippen LogP contribution in [0, 0.1) is 11.3 Å². The van der Waals surface area contributed by atoms with Gasteiger partial charge in [0.25, 0.3) is 5.89 Å². The number of hydrogen-bond acceptors (Lipinski definition) is 6. The van der Waals surface area contributed by atoms with Gasteiger partial charge in [0.15, 0.2) is 5.69 Å². The zero-order valence-corrected chi connectivity index (χ0v) is 22.5. The van der Waals surface area contributed by atoms with Crippen LogP contribution < -0.4 is 0 Å². The van der Waals surface area contributed by atoms with E-state index in [4.69, 9.17) is 9.52 Å². The van der Waals surface area contributed by atoms with Gasteiger partial charge in [-0.25, -0.2) is 0 Å². The normalized spacial score (nSPS) is 19.1. The fourth-order valence-corrected chi connectivity index (χ4v) is 5.87. The number of aryl methyl sites for hydroxylation is 1. The Labute approximate surface area is 225 Å². The Hall–Kier alpha value is -3.21. The Bertz CT molecular complexity index is 1320. The summed E-state index contributed by atoms with van der Waals surface area (Å²) in [5.74, 6) is -0.346. The van der Waals surface area contributed by atoms with E-state index in [9.17, 15) is 18.0 Å². The van der Waals surface area contributed by atoms with Crippen LogP contribution in [-0.4, -0.2) is 61.3 Å². The number of aliphatic carboxylic acids is 1. The first-order chi connectivity index (χ1) is 18.4. The highest BCUT2D eigenvalue weighted by molar-refractivity contribution is 5.67. The fraction of sp³-hybridized carbons (Fsp3) is 0.571. The lowest BCUT2D eigenvalue weighted by atomic mass is 9.76. The molecule has 3 heterocycles. The van der Waals surface area contributed by atoms with E-state index in [1.54, 1.807) is 24.3 Å². The molecule has 1 saturated heterocycles. The van der Waals surface area contributed by atoms with E-state index >= 15 is 0 Å². The van der Waals surface area contributed by atoms with Crippen LogP contribution in [0.1, 0.15) is 56.4 Å². The minimum Gasteiger partial charge on any atom is -0.481 e. The molecule has 0 radical (unpaired) electrons. The molecule has 1 aliphatic heterocycles. The summed E-state index contributed by atoms with van der Waals surface area (Å²) in [6.07, 6.45) is -0.813. The highest BCUT2D eigenvalue weighted by atomic mass is 19.4. The third kappa shape index (κ3) is 6.03. The Balaban J connectivity index is 1.28. The number of carbonyl (C=O) groups is 1. The smallest absolute Gasteiger partial charge is 0.404 e. The number of benzene rings is 1. The average Bonchev–Trinajstić information content (AvgIpc) is 3.47. The second-order valence-electron chi connectivity index (χ2n) is 11.7. The largest absolute Gasteiger partial charge is 0.481 e. The van der Waals surface area contributed by atoms with Gasteiger partial charge in [0.05, 0.1) is 0 Å². The number of aromatic nitrogens is 4. The van der Waals surface area contributed by atoms with Gasteiger partial charge >= 0.3 is 12.1 Å². The lowest BCUT2D eigenvalue weighted by molar-refractivity contribution is -0.187. The first-order valence-corrected chi connectivity index (χ1v) is 13.4. The molecular weight excluding hydrogens is 511 g/mol. The molecule has 39 heavy (non-hydrogen) atoms. The van der Waals surface area contributed by atoms with E-state index < -0.39 is 18.2 Å². The second kappa shape index (κ2) is 10.4. The molecule has 1 atom stereocenters. The van der Waals surface area contributed by atoms with Crippen molar-refractivity contribution < 1.29 is 27.5 Å². The van der Waals surface area contributed by atoms with Gasteiger partial charge < -0.3 is 9.52 Å². The summed E-state index contributed by atoms with van der Waals surface area (Å²) in [6.45, 7) is 4.97. The van der Waals surface area contributed by atoms with Crippen molar-refractivity contribution in [3.05, 3.63) is 41.1 Å². The highest BCUT2D eigenvalue weighted by Gasteiger charge is 2.44. The van der Waals surface area contributed by atoms with Crippen molar-refractivity contribution in [3.8, 4) is 23.0 Å². The Kier molecular flexibility index (Phi) is 7.30. The van der Waals surface area contributed by atoms with Gasteiger partial charge in [-0.05, 0) is 80.6 Å².